The zero-order valence-corrected chi connectivity index (χ0v) is 6.08. The van der Waals surface area contributed by atoms with Gasteiger partial charge < -0.3 is 10.7 Å². The Balaban J connectivity index is 2.62. The maximum atomic E-state index is 10.0. The van der Waals surface area contributed by atoms with Crippen LogP contribution in [-0.2, 0) is 4.79 Å². The summed E-state index contributed by atoms with van der Waals surface area (Å²) in [5, 5.41) is 9.54. The molecule has 0 spiro atoms. The molecule has 58 valence electrons. The van der Waals surface area contributed by atoms with Gasteiger partial charge in [-0.1, -0.05) is 12.2 Å². The van der Waals surface area contributed by atoms with Gasteiger partial charge in [0.05, 0.1) is 0 Å². The van der Waals surface area contributed by atoms with Crippen LogP contribution in [0.4, 0.5) is 0 Å². The topological polar surface area (TPSA) is 53.0 Å². The lowest BCUT2D eigenvalue weighted by Crippen LogP contribution is -2.13. The van der Waals surface area contributed by atoms with E-state index in [9.17, 15) is 4.79 Å². The van der Waals surface area contributed by atoms with E-state index in [-0.39, 0.29) is 5.92 Å². The van der Waals surface area contributed by atoms with Crippen LogP contribution in [0.1, 0.15) is 6.42 Å². The molecule has 0 aromatic heterocycles. The van der Waals surface area contributed by atoms with E-state index < -0.39 is 0 Å². The Bertz CT molecular complexity index is 218. The summed E-state index contributed by atoms with van der Waals surface area (Å²) in [5.74, 6) is 0.141. The average Bonchev–Trinajstić information content (AvgIpc) is 2.06. The molecule has 1 rings (SSSR count). The maximum Gasteiger partial charge on any atom is 0.211 e. The van der Waals surface area contributed by atoms with Gasteiger partial charge in [-0.15, -0.1) is 0 Å². The summed E-state index contributed by atoms with van der Waals surface area (Å²) < 4.78 is 0. The van der Waals surface area contributed by atoms with Gasteiger partial charge in [0.2, 0.25) is 6.41 Å². The van der Waals surface area contributed by atoms with E-state index in [1.165, 1.54) is 6.21 Å². The zero-order chi connectivity index (χ0) is 8.10. The van der Waals surface area contributed by atoms with Crippen molar-refractivity contribution >= 4 is 12.6 Å². The van der Waals surface area contributed by atoms with Crippen molar-refractivity contribution in [3.05, 3.63) is 23.9 Å². The second kappa shape index (κ2) is 3.71. The van der Waals surface area contributed by atoms with E-state index in [1.807, 2.05) is 18.2 Å². The number of carbonyl (C=O) groups is 1. The third-order valence-electron chi connectivity index (χ3n) is 1.54. The Morgan fingerprint density at radius 3 is 3.18 bits per heavy atom. The van der Waals surface area contributed by atoms with Crippen LogP contribution in [-0.4, -0.2) is 12.6 Å². The highest BCUT2D eigenvalue weighted by Gasteiger charge is 2.04. The molecule has 0 heterocycles. The molecule has 2 N–H and O–H groups in total. The number of carbonyl (C=O) groups excluding carboxylic acids is 1. The Labute approximate surface area is 65.3 Å². The monoisotopic (exact) mass is 150 g/mol. The Hall–Kier alpha value is -1.38. The fourth-order valence-electron chi connectivity index (χ4n) is 0.987. The van der Waals surface area contributed by atoms with Gasteiger partial charge in [0.25, 0.3) is 0 Å². The first-order valence-electron chi connectivity index (χ1n) is 3.46. The zero-order valence-electron chi connectivity index (χ0n) is 6.08. The lowest BCUT2D eigenvalue weighted by atomic mass is 10.0. The molecular formula is C8H10N2O. The summed E-state index contributed by atoms with van der Waals surface area (Å²) >= 11 is 0. The van der Waals surface area contributed by atoms with Crippen molar-refractivity contribution in [2.75, 3.05) is 0 Å². The van der Waals surface area contributed by atoms with E-state index in [1.54, 1.807) is 0 Å². The van der Waals surface area contributed by atoms with E-state index >= 15 is 0 Å². The lowest BCUT2D eigenvalue weighted by Gasteiger charge is -2.10. The highest BCUT2D eigenvalue weighted by Crippen LogP contribution is 2.12. The molecule has 0 fully saturated rings. The molecule has 1 atom stereocenters. The Morgan fingerprint density at radius 2 is 2.55 bits per heavy atom. The standard InChI is InChI=1S/C8H10N2O/c9-5-7-2-1-3-8(4-7)10-6-11/h1,3-7,9H,2H2,(H,10,11). The Kier molecular flexibility index (Phi) is 2.60. The molecule has 0 aliphatic heterocycles. The SMILES string of the molecule is N=CC1C=C(NC=O)C=CC1. The minimum Gasteiger partial charge on any atom is -0.329 e. The molecule has 1 aliphatic carbocycles. The van der Waals surface area contributed by atoms with Gasteiger partial charge in [0.1, 0.15) is 0 Å². The third-order valence-corrected chi connectivity index (χ3v) is 1.54. The molecule has 0 aromatic rings. The summed E-state index contributed by atoms with van der Waals surface area (Å²) in [6.07, 6.45) is 8.52. The van der Waals surface area contributed by atoms with E-state index in [0.717, 1.165) is 12.1 Å². The van der Waals surface area contributed by atoms with Crippen LogP contribution < -0.4 is 5.32 Å². The molecule has 0 saturated heterocycles. The van der Waals surface area contributed by atoms with Gasteiger partial charge in [-0.2, -0.15) is 0 Å². The number of hydrogen-bond donors (Lipinski definition) is 2. The lowest BCUT2D eigenvalue weighted by molar-refractivity contribution is -0.108. The minimum atomic E-state index is 0.141. The fourth-order valence-corrected chi connectivity index (χ4v) is 0.987. The second-order valence-electron chi connectivity index (χ2n) is 2.35. The second-order valence-corrected chi connectivity index (χ2v) is 2.35. The van der Waals surface area contributed by atoms with Crippen molar-refractivity contribution in [3.8, 4) is 0 Å². The molecule has 0 bridgehead atoms. The largest absolute Gasteiger partial charge is 0.329 e. The van der Waals surface area contributed by atoms with Crippen LogP contribution in [0.5, 0.6) is 0 Å². The molecule has 0 saturated carbocycles. The van der Waals surface area contributed by atoms with E-state index in [0.29, 0.717) is 6.41 Å². The molecule has 1 amide bonds. The van der Waals surface area contributed by atoms with Crippen LogP contribution >= 0.6 is 0 Å². The molecule has 1 aliphatic rings. The molecule has 1 unspecified atom stereocenters. The van der Waals surface area contributed by atoms with Gasteiger partial charge in [-0.05, 0) is 12.5 Å². The van der Waals surface area contributed by atoms with Crippen LogP contribution in [0.15, 0.2) is 23.9 Å². The van der Waals surface area contributed by atoms with Crippen molar-refractivity contribution in [2.24, 2.45) is 5.92 Å². The number of hydrogen-bond acceptors (Lipinski definition) is 2. The molecule has 3 nitrogen and oxygen atoms in total. The van der Waals surface area contributed by atoms with Gasteiger partial charge in [-0.3, -0.25) is 4.79 Å². The van der Waals surface area contributed by atoms with Crippen molar-refractivity contribution in [3.63, 3.8) is 0 Å². The van der Waals surface area contributed by atoms with Crippen LogP contribution in [0.2, 0.25) is 0 Å². The van der Waals surface area contributed by atoms with Crippen molar-refractivity contribution < 1.29 is 4.79 Å². The fraction of sp³-hybridized carbons (Fsp3) is 0.250. The van der Waals surface area contributed by atoms with Gasteiger partial charge >= 0.3 is 0 Å². The summed E-state index contributed by atoms with van der Waals surface area (Å²) in [4.78, 5) is 10.0. The molecule has 0 aromatic carbocycles. The number of amides is 1. The smallest absolute Gasteiger partial charge is 0.211 e. The van der Waals surface area contributed by atoms with E-state index in [2.05, 4.69) is 5.32 Å². The number of rotatable bonds is 3. The van der Waals surface area contributed by atoms with Crippen molar-refractivity contribution in [1.29, 1.82) is 5.41 Å². The first kappa shape index (κ1) is 7.72. The summed E-state index contributed by atoms with van der Waals surface area (Å²) in [6, 6.07) is 0. The highest BCUT2D eigenvalue weighted by atomic mass is 16.1. The molecular weight excluding hydrogens is 140 g/mol. The molecule has 11 heavy (non-hydrogen) atoms. The normalized spacial score (nSPS) is 22.2. The predicted octanol–water partition coefficient (Wildman–Crippen LogP) is 0.842. The van der Waals surface area contributed by atoms with Crippen LogP contribution in [0, 0.1) is 11.3 Å². The minimum absolute atomic E-state index is 0.141. The number of allylic oxidation sites excluding steroid dienone is 3. The highest BCUT2D eigenvalue weighted by molar-refractivity contribution is 5.62. The first-order valence-corrected chi connectivity index (χ1v) is 3.46. The predicted molar refractivity (Wildman–Crippen MR) is 43.3 cm³/mol. The average molecular weight is 150 g/mol. The quantitative estimate of drug-likeness (QED) is 0.454. The summed E-state index contributed by atoms with van der Waals surface area (Å²) in [6.45, 7) is 0. The summed E-state index contributed by atoms with van der Waals surface area (Å²) in [5.41, 5.74) is 0.778. The van der Waals surface area contributed by atoms with Crippen molar-refractivity contribution in [1.82, 2.24) is 5.32 Å². The molecule has 3 heteroatoms. The first-order chi connectivity index (χ1) is 5.36. The molecule has 0 radical (unpaired) electrons. The van der Waals surface area contributed by atoms with Gasteiger partial charge in [0.15, 0.2) is 0 Å². The van der Waals surface area contributed by atoms with Gasteiger partial charge in [0, 0.05) is 17.8 Å². The van der Waals surface area contributed by atoms with Crippen LogP contribution in [0.25, 0.3) is 0 Å². The van der Waals surface area contributed by atoms with Crippen molar-refractivity contribution in [2.45, 2.75) is 6.42 Å². The van der Waals surface area contributed by atoms with Crippen LogP contribution in [0.3, 0.4) is 0 Å². The Morgan fingerprint density at radius 1 is 1.73 bits per heavy atom. The van der Waals surface area contributed by atoms with Gasteiger partial charge in [-0.25, -0.2) is 0 Å². The van der Waals surface area contributed by atoms with E-state index in [4.69, 9.17) is 5.41 Å². The maximum absolute atomic E-state index is 10.0. The summed E-state index contributed by atoms with van der Waals surface area (Å²) in [7, 11) is 0. The number of nitrogens with one attached hydrogen (secondary N) is 2. The third kappa shape index (κ3) is 2.04.